The van der Waals surface area contributed by atoms with Crippen molar-refractivity contribution >= 4 is 27.5 Å². The van der Waals surface area contributed by atoms with E-state index in [1.165, 1.54) is 6.42 Å². The normalized spacial score (nSPS) is 15.9. The molecule has 4 heterocycles. The lowest BCUT2D eigenvalue weighted by atomic mass is 9.96. The van der Waals surface area contributed by atoms with Gasteiger partial charge in [0.05, 0.1) is 24.0 Å². The lowest BCUT2D eigenvalue weighted by Crippen LogP contribution is -2.14. The largest absolute Gasteiger partial charge is 0.316 e. The minimum Gasteiger partial charge on any atom is -0.316 e. The van der Waals surface area contributed by atoms with Gasteiger partial charge in [0.2, 0.25) is 0 Å². The first-order valence-electron chi connectivity index (χ1n) is 11.2. The second kappa shape index (κ2) is 7.84. The predicted octanol–water partition coefficient (Wildman–Crippen LogP) is 4.81. The Hall–Kier alpha value is -4.02. The summed E-state index contributed by atoms with van der Waals surface area (Å²) in [5, 5.41) is 14.9. The van der Waals surface area contributed by atoms with Crippen LogP contribution in [0, 0.1) is 12.5 Å². The molecule has 1 aliphatic heterocycles. The van der Waals surface area contributed by atoms with Crippen molar-refractivity contribution in [3.05, 3.63) is 72.5 Å². The number of pyridine rings is 1. The van der Waals surface area contributed by atoms with Gasteiger partial charge in [0, 0.05) is 47.9 Å². The van der Waals surface area contributed by atoms with E-state index in [2.05, 4.69) is 38.3 Å². The van der Waals surface area contributed by atoms with E-state index in [4.69, 9.17) is 16.7 Å². The molecule has 1 saturated heterocycles. The zero-order valence-corrected chi connectivity index (χ0v) is 18.4. The molecule has 1 fully saturated rings. The summed E-state index contributed by atoms with van der Waals surface area (Å²) in [6.07, 6.45) is 7.23. The standard InChI is InChI=1S/C26H23N7/c1-27-21-6-3-18(4-7-21)25-22-16-33(14-17-9-10-28-12-17)31-24(22)13-29-26(25)19-5-8-23-20(11-19)15-32(2)30-23/h3-8,11,13,15-17,28H,9-10,12,14H2,2H3/t17-/m1/s1. The number of aromatic nitrogens is 5. The smallest absolute Gasteiger partial charge is 0.187 e. The fourth-order valence-corrected chi connectivity index (χ4v) is 4.78. The van der Waals surface area contributed by atoms with Gasteiger partial charge in [0.25, 0.3) is 0 Å². The fraction of sp³-hybridized carbons (Fsp3) is 0.231. The highest BCUT2D eigenvalue weighted by Crippen LogP contribution is 2.38. The number of fused-ring (bicyclic) bond motifs is 2. The van der Waals surface area contributed by atoms with Crippen molar-refractivity contribution in [1.82, 2.24) is 29.9 Å². The Bertz CT molecular complexity index is 1510. The highest BCUT2D eigenvalue weighted by atomic mass is 15.3. The summed E-state index contributed by atoms with van der Waals surface area (Å²) in [5.74, 6) is 0.598. The Kier molecular flexibility index (Phi) is 4.67. The Morgan fingerprint density at radius 2 is 1.91 bits per heavy atom. The molecule has 33 heavy (non-hydrogen) atoms. The van der Waals surface area contributed by atoms with Crippen molar-refractivity contribution in [1.29, 1.82) is 0 Å². The molecule has 0 aliphatic carbocycles. The first-order valence-corrected chi connectivity index (χ1v) is 11.2. The maximum absolute atomic E-state index is 7.30. The Balaban J connectivity index is 1.54. The van der Waals surface area contributed by atoms with E-state index in [1.807, 2.05) is 54.5 Å². The molecule has 6 rings (SSSR count). The van der Waals surface area contributed by atoms with E-state index in [0.717, 1.165) is 63.8 Å². The van der Waals surface area contributed by atoms with Crippen LogP contribution in [0.1, 0.15) is 6.42 Å². The Morgan fingerprint density at radius 3 is 2.70 bits per heavy atom. The van der Waals surface area contributed by atoms with Crippen LogP contribution < -0.4 is 5.32 Å². The summed E-state index contributed by atoms with van der Waals surface area (Å²) < 4.78 is 3.89. The van der Waals surface area contributed by atoms with E-state index in [9.17, 15) is 0 Å². The van der Waals surface area contributed by atoms with Gasteiger partial charge < -0.3 is 5.32 Å². The van der Waals surface area contributed by atoms with Gasteiger partial charge in [-0.25, -0.2) is 4.85 Å². The van der Waals surface area contributed by atoms with Gasteiger partial charge in [-0.15, -0.1) is 0 Å². The summed E-state index contributed by atoms with van der Waals surface area (Å²) in [6, 6.07) is 14.0. The number of hydrogen-bond donors (Lipinski definition) is 1. The zero-order valence-electron chi connectivity index (χ0n) is 18.4. The van der Waals surface area contributed by atoms with Gasteiger partial charge in [-0.3, -0.25) is 14.3 Å². The number of aryl methyl sites for hydroxylation is 1. The fourth-order valence-electron chi connectivity index (χ4n) is 4.78. The quantitative estimate of drug-likeness (QED) is 0.413. The number of nitrogens with one attached hydrogen (secondary N) is 1. The maximum Gasteiger partial charge on any atom is 0.187 e. The molecule has 0 bridgehead atoms. The predicted molar refractivity (Wildman–Crippen MR) is 130 cm³/mol. The molecule has 0 radical (unpaired) electrons. The molecule has 0 spiro atoms. The second-order valence-corrected chi connectivity index (χ2v) is 8.73. The number of benzene rings is 2. The molecular formula is C26H23N7. The van der Waals surface area contributed by atoms with Crippen molar-refractivity contribution < 1.29 is 0 Å². The van der Waals surface area contributed by atoms with E-state index >= 15 is 0 Å². The Labute approximate surface area is 191 Å². The minimum atomic E-state index is 0.598. The highest BCUT2D eigenvalue weighted by Gasteiger charge is 2.19. The summed E-state index contributed by atoms with van der Waals surface area (Å²) in [7, 11) is 1.93. The number of nitrogens with zero attached hydrogens (tertiary/aromatic N) is 6. The first-order chi connectivity index (χ1) is 16.2. The molecule has 0 amide bonds. The van der Waals surface area contributed by atoms with Gasteiger partial charge in [-0.1, -0.05) is 30.3 Å². The zero-order chi connectivity index (χ0) is 22.4. The molecular weight excluding hydrogens is 410 g/mol. The SMILES string of the molecule is [C-]#[N+]c1ccc(-c2c(-c3ccc4nn(C)cc4c3)ncc3nn(C[C@@H]4CCNC4)cc23)cc1. The van der Waals surface area contributed by atoms with Gasteiger partial charge in [0.1, 0.15) is 5.52 Å². The molecule has 5 aromatic rings. The van der Waals surface area contributed by atoms with Crippen LogP contribution in [-0.2, 0) is 13.6 Å². The van der Waals surface area contributed by atoms with E-state index in [-0.39, 0.29) is 0 Å². The van der Waals surface area contributed by atoms with E-state index < -0.39 is 0 Å². The average Bonchev–Trinajstić information content (AvgIpc) is 3.57. The van der Waals surface area contributed by atoms with Crippen LogP contribution in [0.15, 0.2) is 61.1 Å². The van der Waals surface area contributed by atoms with Crippen molar-refractivity contribution in [3.8, 4) is 22.4 Å². The molecule has 162 valence electrons. The molecule has 1 N–H and O–H groups in total. The average molecular weight is 434 g/mol. The molecule has 0 saturated carbocycles. The van der Waals surface area contributed by atoms with Gasteiger partial charge in [0.15, 0.2) is 5.69 Å². The summed E-state index contributed by atoms with van der Waals surface area (Å²) in [5.41, 5.74) is 6.49. The first kappa shape index (κ1) is 19.6. The monoisotopic (exact) mass is 433 g/mol. The molecule has 3 aromatic heterocycles. The molecule has 1 aliphatic rings. The third-order valence-electron chi connectivity index (χ3n) is 6.40. The lowest BCUT2D eigenvalue weighted by molar-refractivity contribution is 0.452. The van der Waals surface area contributed by atoms with Crippen LogP contribution in [0.4, 0.5) is 5.69 Å². The number of rotatable bonds is 4. The number of hydrogen-bond acceptors (Lipinski definition) is 4. The van der Waals surface area contributed by atoms with Crippen LogP contribution in [0.25, 0.3) is 49.0 Å². The van der Waals surface area contributed by atoms with Gasteiger partial charge >= 0.3 is 0 Å². The molecule has 7 heteroatoms. The topological polar surface area (TPSA) is 64.9 Å². The molecule has 2 aromatic carbocycles. The maximum atomic E-state index is 7.30. The third-order valence-corrected chi connectivity index (χ3v) is 6.40. The highest BCUT2D eigenvalue weighted by molar-refractivity contribution is 6.01. The van der Waals surface area contributed by atoms with Crippen LogP contribution in [-0.4, -0.2) is 37.6 Å². The van der Waals surface area contributed by atoms with Crippen molar-refractivity contribution in [2.24, 2.45) is 13.0 Å². The van der Waals surface area contributed by atoms with Crippen molar-refractivity contribution in [2.75, 3.05) is 13.1 Å². The summed E-state index contributed by atoms with van der Waals surface area (Å²) >= 11 is 0. The minimum absolute atomic E-state index is 0.598. The van der Waals surface area contributed by atoms with Crippen LogP contribution >= 0.6 is 0 Å². The van der Waals surface area contributed by atoms with E-state index in [1.54, 1.807) is 0 Å². The summed E-state index contributed by atoms with van der Waals surface area (Å²) in [6.45, 7) is 10.3. The molecule has 1 atom stereocenters. The van der Waals surface area contributed by atoms with Gasteiger partial charge in [-0.05, 0) is 43.1 Å². The third kappa shape index (κ3) is 3.55. The summed E-state index contributed by atoms with van der Waals surface area (Å²) in [4.78, 5) is 8.43. The van der Waals surface area contributed by atoms with Crippen molar-refractivity contribution in [2.45, 2.75) is 13.0 Å². The van der Waals surface area contributed by atoms with E-state index in [0.29, 0.717) is 11.6 Å². The molecule has 7 nitrogen and oxygen atoms in total. The van der Waals surface area contributed by atoms with Crippen LogP contribution in [0.2, 0.25) is 0 Å². The lowest BCUT2D eigenvalue weighted by Gasteiger charge is -2.11. The van der Waals surface area contributed by atoms with Crippen LogP contribution in [0.3, 0.4) is 0 Å². The molecule has 0 unspecified atom stereocenters. The Morgan fingerprint density at radius 1 is 1.06 bits per heavy atom. The van der Waals surface area contributed by atoms with Crippen molar-refractivity contribution in [3.63, 3.8) is 0 Å². The van der Waals surface area contributed by atoms with Crippen LogP contribution in [0.5, 0.6) is 0 Å². The van der Waals surface area contributed by atoms with Gasteiger partial charge in [-0.2, -0.15) is 10.2 Å². The second-order valence-electron chi connectivity index (χ2n) is 8.73.